The normalized spacial score (nSPS) is 20.8. The van der Waals surface area contributed by atoms with Crippen LogP contribution in [0, 0.1) is 23.7 Å². The van der Waals surface area contributed by atoms with E-state index in [-0.39, 0.29) is 69.4 Å². The monoisotopic (exact) mass is 1130 g/mol. The molecule has 3 aromatic carbocycles. The number of hydrogen-bond donors (Lipinski definition) is 4. The van der Waals surface area contributed by atoms with Crippen molar-refractivity contribution in [1.82, 2.24) is 40.7 Å². The average Bonchev–Trinajstić information content (AvgIpc) is 4.21. The smallest absolute Gasteiger partial charge is 0.282 e. The summed E-state index contributed by atoms with van der Waals surface area (Å²) in [4.78, 5) is 77.0. The summed E-state index contributed by atoms with van der Waals surface area (Å²) < 4.78 is 26.7. The van der Waals surface area contributed by atoms with E-state index < -0.39 is 47.4 Å². The van der Waals surface area contributed by atoms with Crippen LogP contribution in [0.3, 0.4) is 0 Å². The Morgan fingerprint density at radius 3 is 2.56 bits per heavy atom. The number of Topliss-reactive ketones (excluding diaryl/α,β-unsaturated/α-hetero) is 1. The molecule has 3 saturated heterocycles. The van der Waals surface area contributed by atoms with Crippen molar-refractivity contribution in [3.05, 3.63) is 112 Å². The van der Waals surface area contributed by atoms with Crippen LogP contribution in [0.25, 0.3) is 21.2 Å². The molecule has 4 aliphatic heterocycles. The number of aliphatic hydroxyl groups is 1. The number of likely N-dealkylation sites (tertiary alicyclic amines) is 1. The Labute approximate surface area is 475 Å². The molecule has 1 unspecified atom stereocenters. The van der Waals surface area contributed by atoms with Gasteiger partial charge in [-0.2, -0.15) is 5.26 Å². The lowest BCUT2D eigenvalue weighted by molar-refractivity contribution is -0.133. The Hall–Kier alpha value is -6.44. The number of anilines is 2. The number of fused-ring (bicyclic) bond motifs is 2. The Morgan fingerprint density at radius 1 is 1.04 bits per heavy atom. The van der Waals surface area contributed by atoms with Crippen molar-refractivity contribution in [3.63, 3.8) is 0 Å². The number of carbonyl (C=O) groups excluding carboxylic acids is 4. The van der Waals surface area contributed by atoms with E-state index >= 15 is 0 Å². The van der Waals surface area contributed by atoms with Gasteiger partial charge in [-0.3, -0.25) is 29.4 Å². The maximum Gasteiger partial charge on any atom is 0.282 e. The summed E-state index contributed by atoms with van der Waals surface area (Å²) in [6.45, 7) is 15.3. The maximum atomic E-state index is 14.1. The Bertz CT molecular complexity index is 3110. The zero-order valence-electron chi connectivity index (χ0n) is 45.9. The van der Waals surface area contributed by atoms with Crippen molar-refractivity contribution in [2.75, 3.05) is 62.3 Å². The first-order valence-corrected chi connectivity index (χ1v) is 28.8. The molecule has 0 saturated carbocycles. The number of rotatable bonds is 21. The fraction of sp³-hybridized carbons (Fsp3) is 0.492. The molecule has 5 aromatic rings. The molecule has 2 aromatic heterocycles. The van der Waals surface area contributed by atoms with Crippen molar-refractivity contribution in [1.29, 1.82) is 5.26 Å². The molecule has 21 heteroatoms. The van der Waals surface area contributed by atoms with Crippen LogP contribution in [0.5, 0.6) is 0 Å². The summed E-state index contributed by atoms with van der Waals surface area (Å²) in [6, 6.07) is 18.8. The van der Waals surface area contributed by atoms with Crippen LogP contribution >= 0.6 is 22.9 Å². The Kier molecular flexibility index (Phi) is 18.9. The van der Waals surface area contributed by atoms with Crippen LogP contribution in [0.1, 0.15) is 87.6 Å². The summed E-state index contributed by atoms with van der Waals surface area (Å²) in [5.74, 6) is -1.70. The van der Waals surface area contributed by atoms with Gasteiger partial charge in [0.05, 0.1) is 82.7 Å². The number of ketones is 1. The second-order valence-electron chi connectivity index (χ2n) is 22.2. The van der Waals surface area contributed by atoms with Gasteiger partial charge in [-0.1, -0.05) is 87.5 Å². The summed E-state index contributed by atoms with van der Waals surface area (Å²) in [7, 11) is 0. The molecule has 3 fully saturated rings. The number of nitrogens with one attached hydrogen (secondary N) is 3. The number of carbonyl (C=O) groups is 4. The van der Waals surface area contributed by atoms with E-state index in [1.54, 1.807) is 11.3 Å². The van der Waals surface area contributed by atoms with E-state index in [2.05, 4.69) is 54.3 Å². The van der Waals surface area contributed by atoms with Gasteiger partial charge in [-0.15, -0.1) is 11.3 Å². The van der Waals surface area contributed by atoms with Crippen molar-refractivity contribution in [2.45, 2.75) is 129 Å². The third-order valence-electron chi connectivity index (χ3n) is 15.5. The molecule has 80 heavy (non-hydrogen) atoms. The molecule has 6 heterocycles. The number of piperazine rings is 1. The number of halogens is 2. The number of nitriles is 1. The van der Waals surface area contributed by atoms with Crippen molar-refractivity contribution >= 4 is 68.7 Å². The van der Waals surface area contributed by atoms with Crippen LogP contribution in [-0.2, 0) is 54.8 Å². The van der Waals surface area contributed by atoms with Crippen molar-refractivity contribution in [3.8, 4) is 16.5 Å². The molecule has 3 amide bonds. The second-order valence-corrected chi connectivity index (χ2v) is 23.4. The third kappa shape index (κ3) is 13.6. The lowest BCUT2D eigenvalue weighted by Crippen LogP contribution is -2.57. The first-order chi connectivity index (χ1) is 38.5. The molecule has 18 nitrogen and oxygen atoms in total. The molecule has 0 bridgehead atoms. The number of amides is 3. The maximum absolute atomic E-state index is 14.1. The molecule has 4 aliphatic rings. The predicted molar refractivity (Wildman–Crippen MR) is 305 cm³/mol. The number of aromatic nitrogens is 3. The minimum absolute atomic E-state index is 0.0238. The van der Waals surface area contributed by atoms with Gasteiger partial charge < -0.3 is 39.9 Å². The second kappa shape index (κ2) is 26.0. The largest absolute Gasteiger partial charge is 0.391 e. The molecule has 4 N–H and O–H groups in total. The lowest BCUT2D eigenvalue weighted by Gasteiger charge is -2.42. The number of aliphatic hydroxyl groups excluding tert-OH is 1. The molecule has 0 aliphatic carbocycles. The number of ether oxygens (including phenoxy) is 2. The van der Waals surface area contributed by atoms with Crippen molar-refractivity contribution in [2.24, 2.45) is 5.41 Å². The lowest BCUT2D eigenvalue weighted by atomic mass is 9.81. The molecule has 0 spiro atoms. The quantitative estimate of drug-likeness (QED) is 0.0433. The highest BCUT2D eigenvalue weighted by atomic mass is 35.5. The van der Waals surface area contributed by atoms with E-state index in [0.717, 1.165) is 74.6 Å². The van der Waals surface area contributed by atoms with Crippen LogP contribution < -0.4 is 25.8 Å². The number of hydrogen-bond acceptors (Lipinski definition) is 16. The van der Waals surface area contributed by atoms with Gasteiger partial charge in [0.25, 0.3) is 5.91 Å². The highest BCUT2D eigenvalue weighted by molar-refractivity contribution is 7.13. The molecule has 6 atom stereocenters. The molecule has 9 rings (SSSR count). The fourth-order valence-electron chi connectivity index (χ4n) is 11.4. The molecular weight excluding hydrogens is 1060 g/mol. The Morgan fingerprint density at radius 2 is 1.82 bits per heavy atom. The molecule has 424 valence electrons. The minimum atomic E-state index is -1.11. The number of aryl methyl sites for hydroxylation is 1. The van der Waals surface area contributed by atoms with Gasteiger partial charge in [0, 0.05) is 75.5 Å². The van der Waals surface area contributed by atoms with Gasteiger partial charge in [-0.05, 0) is 73.1 Å². The van der Waals surface area contributed by atoms with E-state index in [1.807, 2.05) is 87.8 Å². The Balaban J connectivity index is 0.757. The van der Waals surface area contributed by atoms with E-state index in [1.165, 1.54) is 4.90 Å². The highest BCUT2D eigenvalue weighted by Gasteiger charge is 2.45. The number of thiazole rings is 1. The zero-order valence-corrected chi connectivity index (χ0v) is 47.5. The fourth-order valence-corrected chi connectivity index (χ4v) is 12.4. The average molecular weight is 1130 g/mol. The first-order valence-electron chi connectivity index (χ1n) is 27.5. The van der Waals surface area contributed by atoms with Gasteiger partial charge >= 0.3 is 0 Å². The van der Waals surface area contributed by atoms with Crippen molar-refractivity contribution < 1.29 is 38.1 Å². The summed E-state index contributed by atoms with van der Waals surface area (Å²) in [5.41, 5.74) is 6.90. The van der Waals surface area contributed by atoms with Gasteiger partial charge in [0.2, 0.25) is 11.8 Å². The third-order valence-corrected chi connectivity index (χ3v) is 16.8. The summed E-state index contributed by atoms with van der Waals surface area (Å²) >= 11 is 8.37. The van der Waals surface area contributed by atoms with E-state index in [9.17, 15) is 33.9 Å². The molecule has 0 radical (unpaired) electrons. The first kappa shape index (κ1) is 58.2. The van der Waals surface area contributed by atoms with Gasteiger partial charge in [0.1, 0.15) is 18.7 Å². The van der Waals surface area contributed by atoms with E-state index in [0.29, 0.717) is 63.0 Å². The predicted octanol–water partition coefficient (Wildman–Crippen LogP) is 6.94. The summed E-state index contributed by atoms with van der Waals surface area (Å²) in [6.07, 6.45) is 1.89. The van der Waals surface area contributed by atoms with Gasteiger partial charge in [-0.25, -0.2) is 19.3 Å². The highest BCUT2D eigenvalue weighted by Crippen LogP contribution is 2.38. The SMILES string of the molecule is C=C(F)C(=O)N1CCN(c2nc(CO[C@@H]3CCCN3CCCOCCC(=O)N[C@@H](C(=O)C3N[C@H](C(=O)NCc4ccc(-c5scnc5C)cc4)C[C@H]3O)C(C)(C)C)nc3c2CCN(c2cccc4cccc(Cl)c24)C3)C[C@@H]1CC#N. The summed E-state index contributed by atoms with van der Waals surface area (Å²) in [5, 5.41) is 32.3. The van der Waals surface area contributed by atoms with Crippen LogP contribution in [0.2, 0.25) is 5.02 Å². The van der Waals surface area contributed by atoms with Crippen LogP contribution in [0.15, 0.2) is 78.6 Å². The van der Waals surface area contributed by atoms with E-state index in [4.69, 9.17) is 31.0 Å². The zero-order chi connectivity index (χ0) is 56.7. The topological polar surface area (TPSA) is 218 Å². The standard InChI is InChI=1S/C59H71ClFN11O7S/c1-36(61)58(77)72-27-26-71(32-41(72)19-22-62)56-42-20-25-70(46-13-7-11-39-10-6-12-43(60)51(39)46)33-45(42)65-48(67-56)34-79-50-14-8-23-69(50)24-9-28-78-29-21-49(74)68-55(59(3,4)5)53(75)52-47(73)30-44(66-52)57(76)63-31-38-15-17-40(18-16-38)54-37(2)64-35-80-54/h6-7,10-13,15-18,35,41,44,47,50,52,55,66,73H,1,8-9,14,19-21,23-34H2,2-5H3,(H,63,76)(H,68,74)/t41-,44-,47+,50+,52?,55-/m0/s1. The number of benzene rings is 3. The van der Waals surface area contributed by atoms with Crippen LogP contribution in [-0.4, -0.2) is 142 Å². The van der Waals surface area contributed by atoms with Gasteiger partial charge in [0.15, 0.2) is 17.4 Å². The molecular formula is C59H71ClFN11O7S. The number of nitrogens with zero attached hydrogens (tertiary/aromatic N) is 8. The van der Waals surface area contributed by atoms with Crippen LogP contribution in [0.4, 0.5) is 15.9 Å². The minimum Gasteiger partial charge on any atom is -0.391 e.